The van der Waals surface area contributed by atoms with Gasteiger partial charge in [0.05, 0.1) is 22.1 Å². The largest absolute Gasteiger partial charge is 0.361 e. The van der Waals surface area contributed by atoms with E-state index in [0.717, 1.165) is 34.4 Å². The van der Waals surface area contributed by atoms with Gasteiger partial charge >= 0.3 is 0 Å². The maximum absolute atomic E-state index is 6.22. The lowest BCUT2D eigenvalue weighted by molar-refractivity contribution is 0.388. The molecule has 2 aromatic heterocycles. The third kappa shape index (κ3) is 2.73. The first-order valence-corrected chi connectivity index (χ1v) is 6.34. The summed E-state index contributed by atoms with van der Waals surface area (Å²) in [7, 11) is 0. The highest BCUT2D eigenvalue weighted by Crippen LogP contribution is 2.20. The fraction of sp³-hybridized carbons (Fsp3) is 0.500. The molecule has 18 heavy (non-hydrogen) atoms. The predicted molar refractivity (Wildman–Crippen MR) is 69.4 cm³/mol. The molecule has 0 aliphatic heterocycles. The number of rotatable bonds is 5. The Morgan fingerprint density at radius 2 is 2.17 bits per heavy atom. The molecule has 2 rings (SSSR count). The van der Waals surface area contributed by atoms with E-state index < -0.39 is 0 Å². The summed E-state index contributed by atoms with van der Waals surface area (Å²) in [6, 6.07) is 1.91. The molecule has 2 heterocycles. The molecule has 0 atom stereocenters. The van der Waals surface area contributed by atoms with E-state index in [-0.39, 0.29) is 0 Å². The minimum absolute atomic E-state index is 0.654. The second-order valence-electron chi connectivity index (χ2n) is 4.19. The first kappa shape index (κ1) is 13.1. The van der Waals surface area contributed by atoms with Gasteiger partial charge in [0.15, 0.2) is 0 Å². The van der Waals surface area contributed by atoms with Gasteiger partial charge < -0.3 is 9.84 Å². The molecule has 5 nitrogen and oxygen atoms in total. The zero-order valence-electron chi connectivity index (χ0n) is 10.8. The molecule has 0 bridgehead atoms. The molecule has 0 aromatic carbocycles. The molecule has 0 saturated heterocycles. The van der Waals surface area contributed by atoms with Crippen LogP contribution >= 0.6 is 11.6 Å². The van der Waals surface area contributed by atoms with E-state index in [0.29, 0.717) is 13.1 Å². The minimum atomic E-state index is 0.654. The quantitative estimate of drug-likeness (QED) is 0.905. The first-order chi connectivity index (χ1) is 8.61. The van der Waals surface area contributed by atoms with Gasteiger partial charge in [0.2, 0.25) is 0 Å². The molecule has 0 spiro atoms. The monoisotopic (exact) mass is 268 g/mol. The van der Waals surface area contributed by atoms with Gasteiger partial charge in [-0.2, -0.15) is 5.10 Å². The van der Waals surface area contributed by atoms with E-state index in [1.165, 1.54) is 0 Å². The summed E-state index contributed by atoms with van der Waals surface area (Å²) in [5.74, 6) is 0.819. The Hall–Kier alpha value is -1.33. The summed E-state index contributed by atoms with van der Waals surface area (Å²) >= 11 is 6.22. The van der Waals surface area contributed by atoms with Crippen molar-refractivity contribution in [3.63, 3.8) is 0 Å². The van der Waals surface area contributed by atoms with Crippen molar-refractivity contribution in [3.8, 4) is 0 Å². The van der Waals surface area contributed by atoms with Crippen LogP contribution in [0.15, 0.2) is 10.6 Å². The molecule has 0 amide bonds. The number of aryl methyl sites for hydroxylation is 3. The zero-order valence-corrected chi connectivity index (χ0v) is 11.6. The third-order valence-corrected chi connectivity index (χ3v) is 3.22. The molecule has 1 N–H and O–H groups in total. The van der Waals surface area contributed by atoms with Crippen LogP contribution in [0.2, 0.25) is 5.02 Å². The minimum Gasteiger partial charge on any atom is -0.361 e. The van der Waals surface area contributed by atoms with Crippen molar-refractivity contribution in [1.29, 1.82) is 0 Å². The van der Waals surface area contributed by atoms with Gasteiger partial charge in [-0.25, -0.2) is 0 Å². The summed E-state index contributed by atoms with van der Waals surface area (Å²) < 4.78 is 6.92. The van der Waals surface area contributed by atoms with E-state index in [1.807, 2.05) is 31.5 Å². The van der Waals surface area contributed by atoms with Crippen LogP contribution in [0, 0.1) is 13.8 Å². The van der Waals surface area contributed by atoms with Crippen LogP contribution in [-0.2, 0) is 19.6 Å². The summed E-state index contributed by atoms with van der Waals surface area (Å²) in [6.07, 6.45) is 0. The topological polar surface area (TPSA) is 55.9 Å². The molecule has 0 unspecified atom stereocenters. The van der Waals surface area contributed by atoms with E-state index >= 15 is 0 Å². The summed E-state index contributed by atoms with van der Waals surface area (Å²) in [6.45, 7) is 7.98. The van der Waals surface area contributed by atoms with Gasteiger partial charge in [-0.3, -0.25) is 4.68 Å². The maximum Gasteiger partial charge on any atom is 0.133 e. The van der Waals surface area contributed by atoms with Gasteiger partial charge in [-0.1, -0.05) is 16.8 Å². The van der Waals surface area contributed by atoms with E-state index in [2.05, 4.69) is 15.6 Å². The SMILES string of the molecule is CCn1nc(C)c(Cl)c1CNCc1cc(C)on1. The molecule has 98 valence electrons. The molecule has 0 aliphatic carbocycles. The highest BCUT2D eigenvalue weighted by molar-refractivity contribution is 6.31. The first-order valence-electron chi connectivity index (χ1n) is 5.96. The summed E-state index contributed by atoms with van der Waals surface area (Å²) in [4.78, 5) is 0. The zero-order chi connectivity index (χ0) is 13.1. The Morgan fingerprint density at radius 3 is 2.78 bits per heavy atom. The van der Waals surface area contributed by atoms with Gasteiger partial charge in [0, 0.05) is 25.7 Å². The van der Waals surface area contributed by atoms with Crippen molar-refractivity contribution in [2.45, 2.75) is 40.4 Å². The number of hydrogen-bond acceptors (Lipinski definition) is 4. The molecule has 0 saturated carbocycles. The highest BCUT2D eigenvalue weighted by Gasteiger charge is 2.12. The van der Waals surface area contributed by atoms with E-state index in [9.17, 15) is 0 Å². The van der Waals surface area contributed by atoms with E-state index in [4.69, 9.17) is 16.1 Å². The Balaban J connectivity index is 1.98. The fourth-order valence-electron chi connectivity index (χ4n) is 1.85. The van der Waals surface area contributed by atoms with Crippen LogP contribution in [0.5, 0.6) is 0 Å². The predicted octanol–water partition coefficient (Wildman–Crippen LogP) is 2.45. The smallest absolute Gasteiger partial charge is 0.133 e. The van der Waals surface area contributed by atoms with Crippen LogP contribution in [0.3, 0.4) is 0 Å². The van der Waals surface area contributed by atoms with Crippen molar-refractivity contribution in [3.05, 3.63) is 33.9 Å². The number of aromatic nitrogens is 3. The van der Waals surface area contributed by atoms with Crippen LogP contribution in [-0.4, -0.2) is 14.9 Å². The van der Waals surface area contributed by atoms with Gasteiger partial charge in [0.1, 0.15) is 5.76 Å². The van der Waals surface area contributed by atoms with E-state index in [1.54, 1.807) is 0 Å². The van der Waals surface area contributed by atoms with Crippen molar-refractivity contribution >= 4 is 11.6 Å². The molecule has 6 heteroatoms. The Labute approximate surface area is 111 Å². The molecule has 0 fully saturated rings. The molecular weight excluding hydrogens is 252 g/mol. The van der Waals surface area contributed by atoms with Gasteiger partial charge in [-0.15, -0.1) is 0 Å². The molecule has 2 aromatic rings. The normalized spacial score (nSPS) is 11.1. The van der Waals surface area contributed by atoms with Crippen LogP contribution in [0.1, 0.15) is 29.8 Å². The van der Waals surface area contributed by atoms with Crippen molar-refractivity contribution in [2.75, 3.05) is 0 Å². The molecule has 0 radical (unpaired) electrons. The lowest BCUT2D eigenvalue weighted by Gasteiger charge is -2.06. The van der Waals surface area contributed by atoms with Crippen LogP contribution < -0.4 is 5.32 Å². The third-order valence-electron chi connectivity index (χ3n) is 2.73. The van der Waals surface area contributed by atoms with Crippen LogP contribution in [0.25, 0.3) is 0 Å². The Bertz CT molecular complexity index is 532. The average molecular weight is 269 g/mol. The standard InChI is InChI=1S/C12H17ClN4O/c1-4-17-11(12(13)9(3)15-17)7-14-6-10-5-8(2)18-16-10/h5,14H,4,6-7H2,1-3H3. The number of nitrogens with one attached hydrogen (secondary N) is 1. The molecule has 0 aliphatic rings. The van der Waals surface area contributed by atoms with Gasteiger partial charge in [0.25, 0.3) is 0 Å². The van der Waals surface area contributed by atoms with Crippen molar-refractivity contribution < 1.29 is 4.52 Å². The summed E-state index contributed by atoms with van der Waals surface area (Å²) in [5, 5.41) is 12.3. The number of hydrogen-bond donors (Lipinski definition) is 1. The second-order valence-corrected chi connectivity index (χ2v) is 4.57. The van der Waals surface area contributed by atoms with Crippen molar-refractivity contribution in [2.24, 2.45) is 0 Å². The van der Waals surface area contributed by atoms with Crippen LogP contribution in [0.4, 0.5) is 0 Å². The summed E-state index contributed by atoms with van der Waals surface area (Å²) in [5.41, 5.74) is 2.77. The number of nitrogens with zero attached hydrogens (tertiary/aromatic N) is 3. The second kappa shape index (κ2) is 5.54. The average Bonchev–Trinajstić information content (AvgIpc) is 2.87. The highest BCUT2D eigenvalue weighted by atomic mass is 35.5. The molecular formula is C12H17ClN4O. The lowest BCUT2D eigenvalue weighted by atomic mass is 10.3. The fourth-order valence-corrected chi connectivity index (χ4v) is 2.05. The maximum atomic E-state index is 6.22. The number of halogens is 1. The Kier molecular flexibility index (Phi) is 4.04. The lowest BCUT2D eigenvalue weighted by Crippen LogP contribution is -2.16. The van der Waals surface area contributed by atoms with Gasteiger partial charge in [-0.05, 0) is 20.8 Å². The van der Waals surface area contributed by atoms with Crippen molar-refractivity contribution in [1.82, 2.24) is 20.3 Å². The Morgan fingerprint density at radius 1 is 1.39 bits per heavy atom.